The molecule has 1 aromatic heterocycles. The van der Waals surface area contributed by atoms with Gasteiger partial charge in [-0.3, -0.25) is 0 Å². The Balaban J connectivity index is 2.57. The van der Waals surface area contributed by atoms with Gasteiger partial charge in [-0.15, -0.1) is 0 Å². The van der Waals surface area contributed by atoms with Gasteiger partial charge in [-0.25, -0.2) is 0 Å². The van der Waals surface area contributed by atoms with Crippen LogP contribution in [-0.4, -0.2) is 4.57 Å². The first-order valence-corrected chi connectivity index (χ1v) is 7.03. The lowest BCUT2D eigenvalue weighted by Gasteiger charge is -2.22. The molecule has 0 unspecified atom stereocenters. The quantitative estimate of drug-likeness (QED) is 0.678. The standard InChI is InChI=1S/C16H20BrN/c1-11-9-13-7-6-8-14(17)15(13)18(11)12(2)10-16(3,4)5/h6-9H,2,10H2,1,3-5H3. The number of benzene rings is 1. The van der Waals surface area contributed by atoms with Crippen LogP contribution in [0.25, 0.3) is 16.6 Å². The molecule has 96 valence electrons. The van der Waals surface area contributed by atoms with Gasteiger partial charge in [0, 0.05) is 21.2 Å². The van der Waals surface area contributed by atoms with E-state index >= 15 is 0 Å². The van der Waals surface area contributed by atoms with E-state index in [0.717, 1.165) is 16.6 Å². The fraction of sp³-hybridized carbons (Fsp3) is 0.375. The van der Waals surface area contributed by atoms with Gasteiger partial charge in [-0.05, 0) is 46.8 Å². The second kappa shape index (κ2) is 4.58. The molecule has 0 N–H and O–H groups in total. The minimum absolute atomic E-state index is 0.251. The van der Waals surface area contributed by atoms with E-state index < -0.39 is 0 Å². The number of fused-ring (bicyclic) bond motifs is 1. The Hall–Kier alpha value is -1.02. The maximum absolute atomic E-state index is 4.28. The van der Waals surface area contributed by atoms with Crippen LogP contribution in [0, 0.1) is 12.3 Å². The molecule has 0 amide bonds. The van der Waals surface area contributed by atoms with Crippen molar-refractivity contribution in [3.05, 3.63) is 41.0 Å². The Labute approximate surface area is 118 Å². The van der Waals surface area contributed by atoms with Gasteiger partial charge in [-0.1, -0.05) is 39.5 Å². The molecular formula is C16H20BrN. The van der Waals surface area contributed by atoms with Crippen LogP contribution in [0.3, 0.4) is 0 Å². The zero-order valence-corrected chi connectivity index (χ0v) is 13.1. The summed E-state index contributed by atoms with van der Waals surface area (Å²) >= 11 is 3.65. The molecule has 1 aromatic carbocycles. The molecule has 0 saturated heterocycles. The van der Waals surface area contributed by atoms with Gasteiger partial charge in [0.15, 0.2) is 0 Å². The van der Waals surface area contributed by atoms with Gasteiger partial charge in [-0.2, -0.15) is 0 Å². The summed E-state index contributed by atoms with van der Waals surface area (Å²) in [5, 5.41) is 1.26. The van der Waals surface area contributed by atoms with Crippen molar-refractivity contribution >= 4 is 32.5 Å². The summed E-state index contributed by atoms with van der Waals surface area (Å²) in [7, 11) is 0. The van der Waals surface area contributed by atoms with Gasteiger partial charge in [0.25, 0.3) is 0 Å². The Bertz CT molecular complexity index is 599. The molecule has 18 heavy (non-hydrogen) atoms. The summed E-state index contributed by atoms with van der Waals surface area (Å²) in [6, 6.07) is 8.52. The average Bonchev–Trinajstić information content (AvgIpc) is 2.53. The molecule has 2 aromatic rings. The molecule has 0 fully saturated rings. The summed E-state index contributed by atoms with van der Waals surface area (Å²) in [6.45, 7) is 13.1. The first kappa shape index (κ1) is 13.4. The minimum atomic E-state index is 0.251. The van der Waals surface area contributed by atoms with Crippen molar-refractivity contribution in [1.29, 1.82) is 0 Å². The summed E-state index contributed by atoms with van der Waals surface area (Å²) in [5.41, 5.74) is 3.87. The lowest BCUT2D eigenvalue weighted by atomic mass is 9.91. The number of para-hydroxylation sites is 1. The number of hydrogen-bond donors (Lipinski definition) is 0. The zero-order chi connectivity index (χ0) is 13.5. The normalized spacial score (nSPS) is 12.1. The molecule has 1 nitrogen and oxygen atoms in total. The zero-order valence-electron chi connectivity index (χ0n) is 11.5. The van der Waals surface area contributed by atoms with Crippen LogP contribution >= 0.6 is 15.9 Å². The average molecular weight is 306 g/mol. The van der Waals surface area contributed by atoms with Crippen molar-refractivity contribution in [3.8, 4) is 0 Å². The predicted octanol–water partition coefficient (Wildman–Crippen LogP) is 5.62. The van der Waals surface area contributed by atoms with E-state index in [1.807, 2.05) is 0 Å². The van der Waals surface area contributed by atoms with Gasteiger partial charge >= 0.3 is 0 Å². The topological polar surface area (TPSA) is 4.93 Å². The predicted molar refractivity (Wildman–Crippen MR) is 83.8 cm³/mol. The van der Waals surface area contributed by atoms with Crippen LogP contribution in [0.4, 0.5) is 0 Å². The van der Waals surface area contributed by atoms with Crippen LogP contribution in [0.1, 0.15) is 32.9 Å². The summed E-state index contributed by atoms with van der Waals surface area (Å²) < 4.78 is 3.40. The molecule has 0 atom stereocenters. The number of aryl methyl sites for hydroxylation is 1. The SMILES string of the molecule is C=C(CC(C)(C)C)n1c(C)cc2cccc(Br)c21. The number of halogens is 1. The van der Waals surface area contributed by atoms with Gasteiger partial charge in [0.2, 0.25) is 0 Å². The molecular weight excluding hydrogens is 286 g/mol. The van der Waals surface area contributed by atoms with Gasteiger partial charge < -0.3 is 4.57 Å². The lowest BCUT2D eigenvalue weighted by molar-refractivity contribution is 0.421. The number of nitrogens with zero attached hydrogens (tertiary/aromatic N) is 1. The van der Waals surface area contributed by atoms with Crippen LogP contribution in [0.2, 0.25) is 0 Å². The number of hydrogen-bond acceptors (Lipinski definition) is 0. The first-order valence-electron chi connectivity index (χ1n) is 6.24. The molecule has 0 aliphatic heterocycles. The second-order valence-electron chi connectivity index (χ2n) is 6.10. The van der Waals surface area contributed by atoms with Gasteiger partial charge in [0.05, 0.1) is 5.52 Å². The Morgan fingerprint density at radius 2 is 2.00 bits per heavy atom. The monoisotopic (exact) mass is 305 g/mol. The van der Waals surface area contributed by atoms with Gasteiger partial charge in [0.1, 0.15) is 0 Å². The summed E-state index contributed by atoms with van der Waals surface area (Å²) in [6.07, 6.45) is 0.985. The van der Waals surface area contributed by atoms with Crippen LogP contribution in [0.15, 0.2) is 35.3 Å². The van der Waals surface area contributed by atoms with Crippen molar-refractivity contribution in [2.45, 2.75) is 34.1 Å². The molecule has 2 heteroatoms. The number of rotatable bonds is 2. The Kier molecular flexibility index (Phi) is 3.41. The van der Waals surface area contributed by atoms with E-state index in [1.165, 1.54) is 16.6 Å². The maximum atomic E-state index is 4.28. The Morgan fingerprint density at radius 1 is 1.33 bits per heavy atom. The molecule has 0 saturated carbocycles. The molecule has 0 aliphatic rings. The van der Waals surface area contributed by atoms with Crippen molar-refractivity contribution in [2.24, 2.45) is 5.41 Å². The van der Waals surface area contributed by atoms with E-state index in [2.05, 4.69) is 79.0 Å². The fourth-order valence-corrected chi connectivity index (χ4v) is 3.01. The van der Waals surface area contributed by atoms with E-state index in [9.17, 15) is 0 Å². The van der Waals surface area contributed by atoms with E-state index in [0.29, 0.717) is 0 Å². The highest BCUT2D eigenvalue weighted by Gasteiger charge is 2.16. The molecule has 0 radical (unpaired) electrons. The number of aromatic nitrogens is 1. The molecule has 2 rings (SSSR count). The maximum Gasteiger partial charge on any atom is 0.0670 e. The van der Waals surface area contributed by atoms with Crippen LogP contribution in [-0.2, 0) is 0 Å². The Morgan fingerprint density at radius 3 is 2.61 bits per heavy atom. The highest BCUT2D eigenvalue weighted by Crippen LogP contribution is 2.33. The van der Waals surface area contributed by atoms with Crippen LogP contribution in [0.5, 0.6) is 0 Å². The van der Waals surface area contributed by atoms with Crippen molar-refractivity contribution in [2.75, 3.05) is 0 Å². The second-order valence-corrected chi connectivity index (χ2v) is 6.96. The smallest absolute Gasteiger partial charge is 0.0670 e. The number of allylic oxidation sites excluding steroid dienone is 1. The molecule has 0 spiro atoms. The summed E-state index contributed by atoms with van der Waals surface area (Å²) in [5.74, 6) is 0. The highest BCUT2D eigenvalue weighted by atomic mass is 79.9. The molecule has 0 aliphatic carbocycles. The third-order valence-corrected chi connectivity index (χ3v) is 3.65. The van der Waals surface area contributed by atoms with Crippen molar-refractivity contribution in [3.63, 3.8) is 0 Å². The molecule has 1 heterocycles. The minimum Gasteiger partial charge on any atom is -0.317 e. The van der Waals surface area contributed by atoms with E-state index in [4.69, 9.17) is 0 Å². The largest absolute Gasteiger partial charge is 0.317 e. The summed E-state index contributed by atoms with van der Waals surface area (Å²) in [4.78, 5) is 0. The van der Waals surface area contributed by atoms with Crippen molar-refractivity contribution in [1.82, 2.24) is 4.57 Å². The highest BCUT2D eigenvalue weighted by molar-refractivity contribution is 9.10. The van der Waals surface area contributed by atoms with E-state index in [-0.39, 0.29) is 5.41 Å². The lowest BCUT2D eigenvalue weighted by Crippen LogP contribution is -2.09. The fourth-order valence-electron chi connectivity index (χ4n) is 2.45. The van der Waals surface area contributed by atoms with E-state index in [1.54, 1.807) is 0 Å². The first-order chi connectivity index (χ1) is 8.29. The van der Waals surface area contributed by atoms with Crippen molar-refractivity contribution < 1.29 is 0 Å². The molecule has 0 bridgehead atoms. The third kappa shape index (κ3) is 2.54. The third-order valence-electron chi connectivity index (χ3n) is 3.01. The van der Waals surface area contributed by atoms with Crippen LogP contribution < -0.4 is 0 Å².